The highest BCUT2D eigenvalue weighted by Gasteiger charge is 2.68. The van der Waals surface area contributed by atoms with E-state index in [9.17, 15) is 29.6 Å². The second-order valence-corrected chi connectivity index (χ2v) is 11.1. The van der Waals surface area contributed by atoms with Crippen molar-refractivity contribution in [1.82, 2.24) is 5.43 Å². The smallest absolute Gasteiger partial charge is 0.294 e. The van der Waals surface area contributed by atoms with Crippen LogP contribution in [0.25, 0.3) is 0 Å². The lowest BCUT2D eigenvalue weighted by molar-refractivity contribution is -0.384. The number of nitrogens with zero attached hydrogens (tertiary/aromatic N) is 3. The van der Waals surface area contributed by atoms with Crippen molar-refractivity contribution < 1.29 is 24.4 Å². The second kappa shape index (κ2) is 9.60. The average molecular weight is 593 g/mol. The second-order valence-electron chi connectivity index (χ2n) is 10.6. The van der Waals surface area contributed by atoms with Gasteiger partial charge in [-0.3, -0.25) is 24.5 Å². The monoisotopic (exact) mass is 592 g/mol. The standard InChI is InChI=1S/C32H21ClN4O6/c33-17-13-14-23(24(15-17)37(42)43)36-30(40)27-26-18-7-1-4-10-21(18)32(28(27)31(36)41,22-11-5-2-8-19(22)26)16-34-35-29(39)20-9-3-6-12-25(20)38/h1-16,26-28,38H,(H,35,39)/b34-16+/t26?,27-,28-,32?/m0/s1. The number of aromatic hydroxyl groups is 1. The zero-order valence-electron chi connectivity index (χ0n) is 22.2. The normalized spacial score (nSPS) is 23.2. The number of para-hydroxylation sites is 1. The summed E-state index contributed by atoms with van der Waals surface area (Å²) in [5.41, 5.74) is 3.69. The molecular weight excluding hydrogens is 572 g/mol. The number of phenols is 1. The molecule has 0 aromatic heterocycles. The first-order valence-electron chi connectivity index (χ1n) is 13.4. The molecule has 212 valence electrons. The molecule has 8 rings (SSSR count). The molecule has 0 saturated carbocycles. The molecule has 2 bridgehead atoms. The summed E-state index contributed by atoms with van der Waals surface area (Å²) in [5.74, 6) is -4.47. The fourth-order valence-corrected chi connectivity index (χ4v) is 7.20. The van der Waals surface area contributed by atoms with Crippen molar-refractivity contribution >= 4 is 46.9 Å². The quantitative estimate of drug-likeness (QED) is 0.146. The Morgan fingerprint density at radius 3 is 2.23 bits per heavy atom. The lowest BCUT2D eigenvalue weighted by atomic mass is 9.47. The van der Waals surface area contributed by atoms with E-state index in [4.69, 9.17) is 11.6 Å². The van der Waals surface area contributed by atoms with Crippen LogP contribution >= 0.6 is 11.6 Å². The summed E-state index contributed by atoms with van der Waals surface area (Å²) in [6, 6.07) is 24.7. The van der Waals surface area contributed by atoms with Crippen LogP contribution in [0.1, 0.15) is 38.5 Å². The Morgan fingerprint density at radius 2 is 1.58 bits per heavy atom. The highest BCUT2D eigenvalue weighted by atomic mass is 35.5. The molecule has 4 aliphatic rings. The molecule has 0 radical (unpaired) electrons. The molecule has 10 nitrogen and oxygen atoms in total. The first-order valence-corrected chi connectivity index (χ1v) is 13.8. The van der Waals surface area contributed by atoms with Crippen LogP contribution in [0.15, 0.2) is 96.1 Å². The molecule has 4 aromatic carbocycles. The third-order valence-electron chi connectivity index (χ3n) is 8.64. The zero-order valence-corrected chi connectivity index (χ0v) is 22.9. The van der Waals surface area contributed by atoms with Crippen LogP contribution in [0.2, 0.25) is 5.02 Å². The minimum absolute atomic E-state index is 0.0107. The van der Waals surface area contributed by atoms with Gasteiger partial charge in [-0.25, -0.2) is 10.3 Å². The maximum atomic E-state index is 14.5. The van der Waals surface area contributed by atoms with Gasteiger partial charge in [0.15, 0.2) is 0 Å². The van der Waals surface area contributed by atoms with Gasteiger partial charge in [0.2, 0.25) is 11.8 Å². The Bertz CT molecular complexity index is 1880. The molecule has 4 aromatic rings. The van der Waals surface area contributed by atoms with E-state index < -0.39 is 51.5 Å². The predicted molar refractivity (Wildman–Crippen MR) is 157 cm³/mol. The fourth-order valence-electron chi connectivity index (χ4n) is 7.04. The van der Waals surface area contributed by atoms with Gasteiger partial charge in [0, 0.05) is 23.2 Å². The van der Waals surface area contributed by atoms with Crippen molar-refractivity contribution in [3.8, 4) is 5.75 Å². The number of carbonyl (C=O) groups excluding carboxylic acids is 3. The maximum Gasteiger partial charge on any atom is 0.294 e. The number of rotatable bonds is 5. The molecule has 1 saturated heterocycles. The SMILES string of the molecule is O=C(N/N=C/C12c3ccccc3C(c3ccccc31)[C@@H]1C(=O)N(c3ccc(Cl)cc3[N+](=O)[O-])C(=O)[C@H]12)c1ccccc1O. The lowest BCUT2D eigenvalue weighted by Gasteiger charge is -2.52. The number of halogens is 1. The van der Waals surface area contributed by atoms with E-state index in [-0.39, 0.29) is 22.0 Å². The number of hydrazone groups is 1. The number of benzene rings is 4. The molecule has 0 spiro atoms. The van der Waals surface area contributed by atoms with Gasteiger partial charge < -0.3 is 5.11 Å². The largest absolute Gasteiger partial charge is 0.507 e. The maximum absolute atomic E-state index is 14.5. The van der Waals surface area contributed by atoms with E-state index in [0.717, 1.165) is 33.2 Å². The summed E-state index contributed by atoms with van der Waals surface area (Å²) >= 11 is 6.04. The molecule has 43 heavy (non-hydrogen) atoms. The van der Waals surface area contributed by atoms with Gasteiger partial charge >= 0.3 is 0 Å². The Balaban J connectivity index is 1.42. The van der Waals surface area contributed by atoms with Gasteiger partial charge in [-0.1, -0.05) is 72.3 Å². The third-order valence-corrected chi connectivity index (χ3v) is 8.88. The number of nitro groups is 1. The summed E-state index contributed by atoms with van der Waals surface area (Å²) in [5, 5.41) is 26.5. The summed E-state index contributed by atoms with van der Waals surface area (Å²) in [6.07, 6.45) is 1.47. The van der Waals surface area contributed by atoms with E-state index in [1.165, 1.54) is 30.5 Å². The number of phenolic OH excluding ortho intramolecular Hbond substituents is 1. The van der Waals surface area contributed by atoms with Crippen LogP contribution < -0.4 is 10.3 Å². The summed E-state index contributed by atoms with van der Waals surface area (Å²) in [4.78, 5) is 53.9. The minimum atomic E-state index is -1.30. The molecule has 11 heteroatoms. The summed E-state index contributed by atoms with van der Waals surface area (Å²) in [7, 11) is 0. The first kappa shape index (κ1) is 26.5. The van der Waals surface area contributed by atoms with Gasteiger partial charge in [-0.15, -0.1) is 0 Å². The molecule has 0 unspecified atom stereocenters. The van der Waals surface area contributed by atoms with Crippen LogP contribution in [0.3, 0.4) is 0 Å². The number of anilines is 1. The van der Waals surface area contributed by atoms with Crippen molar-refractivity contribution in [3.63, 3.8) is 0 Å². The molecule has 2 N–H and O–H groups in total. The van der Waals surface area contributed by atoms with Crippen molar-refractivity contribution in [1.29, 1.82) is 0 Å². The summed E-state index contributed by atoms with van der Waals surface area (Å²) < 4.78 is 0. The van der Waals surface area contributed by atoms with Crippen molar-refractivity contribution in [2.45, 2.75) is 11.3 Å². The molecule has 3 aliphatic carbocycles. The predicted octanol–water partition coefficient (Wildman–Crippen LogP) is 4.92. The molecule has 1 heterocycles. The van der Waals surface area contributed by atoms with Crippen LogP contribution in [-0.4, -0.2) is 34.0 Å². The van der Waals surface area contributed by atoms with Gasteiger partial charge in [0.25, 0.3) is 11.6 Å². The molecule has 1 fully saturated rings. The number of hydrogen-bond acceptors (Lipinski definition) is 7. The Hall–Kier alpha value is -5.35. The highest BCUT2D eigenvalue weighted by Crippen LogP contribution is 2.64. The lowest BCUT2D eigenvalue weighted by Crippen LogP contribution is -2.54. The number of carbonyl (C=O) groups is 3. The Labute approximate surface area is 249 Å². The topological polar surface area (TPSA) is 142 Å². The van der Waals surface area contributed by atoms with Crippen LogP contribution in [-0.2, 0) is 15.0 Å². The molecular formula is C32H21ClN4O6. The van der Waals surface area contributed by atoms with Crippen LogP contribution in [0.5, 0.6) is 5.75 Å². The minimum Gasteiger partial charge on any atom is -0.507 e. The Kier molecular flexibility index (Phi) is 5.93. The van der Waals surface area contributed by atoms with E-state index in [0.29, 0.717) is 0 Å². The number of imide groups is 1. The van der Waals surface area contributed by atoms with E-state index >= 15 is 0 Å². The molecule has 3 amide bonds. The van der Waals surface area contributed by atoms with Crippen molar-refractivity contribution in [3.05, 3.63) is 134 Å². The van der Waals surface area contributed by atoms with E-state index in [1.807, 2.05) is 48.5 Å². The Morgan fingerprint density at radius 1 is 0.953 bits per heavy atom. The molecule has 1 aliphatic heterocycles. The number of nitrogens with one attached hydrogen (secondary N) is 1. The van der Waals surface area contributed by atoms with Crippen LogP contribution in [0, 0.1) is 22.0 Å². The number of hydrogen-bond donors (Lipinski definition) is 2. The number of nitro benzene ring substituents is 1. The molecule has 2 atom stereocenters. The van der Waals surface area contributed by atoms with Gasteiger partial charge in [-0.05, 0) is 46.5 Å². The first-order chi connectivity index (χ1) is 20.8. The summed E-state index contributed by atoms with van der Waals surface area (Å²) in [6.45, 7) is 0. The van der Waals surface area contributed by atoms with Gasteiger partial charge in [-0.2, -0.15) is 5.10 Å². The fraction of sp³-hybridized carbons (Fsp3) is 0.125. The average Bonchev–Trinajstić information content (AvgIpc) is 3.28. The van der Waals surface area contributed by atoms with E-state index in [1.54, 1.807) is 12.1 Å². The number of amides is 3. The third kappa shape index (κ3) is 3.66. The van der Waals surface area contributed by atoms with Gasteiger partial charge in [0.1, 0.15) is 11.4 Å². The van der Waals surface area contributed by atoms with E-state index in [2.05, 4.69) is 10.5 Å². The van der Waals surface area contributed by atoms with Crippen LogP contribution in [0.4, 0.5) is 11.4 Å². The van der Waals surface area contributed by atoms with Crippen molar-refractivity contribution in [2.24, 2.45) is 16.9 Å². The van der Waals surface area contributed by atoms with Gasteiger partial charge in [0.05, 0.1) is 27.7 Å². The van der Waals surface area contributed by atoms with Crippen molar-refractivity contribution in [2.75, 3.05) is 4.90 Å². The zero-order chi connectivity index (χ0) is 30.0. The highest BCUT2D eigenvalue weighted by molar-refractivity contribution is 6.31.